The van der Waals surface area contributed by atoms with E-state index in [1.807, 2.05) is 9.39 Å². The molecule has 0 aliphatic carbocycles. The first-order valence-electron chi connectivity index (χ1n) is 2.83. The van der Waals surface area contributed by atoms with Crippen molar-refractivity contribution in [2.45, 2.75) is 0 Å². The van der Waals surface area contributed by atoms with E-state index in [1.54, 1.807) is 0 Å². The summed E-state index contributed by atoms with van der Waals surface area (Å²) in [4.78, 5) is 21.2. The Morgan fingerprint density at radius 1 is 1.67 bits per heavy atom. The number of aromatic carboxylic acids is 1. The van der Waals surface area contributed by atoms with Crippen molar-refractivity contribution in [1.29, 1.82) is 0 Å². The Morgan fingerprint density at radius 3 is 2.75 bits per heavy atom. The van der Waals surface area contributed by atoms with Gasteiger partial charge in [0.1, 0.15) is 0 Å². The third kappa shape index (κ3) is 1.43. The summed E-state index contributed by atoms with van der Waals surface area (Å²) in [5.74, 6) is -2.11. The van der Waals surface area contributed by atoms with Gasteiger partial charge in [0.25, 0.3) is 5.43 Å². The van der Waals surface area contributed by atoms with Gasteiger partial charge in [-0.2, -0.15) is 5.10 Å². The number of carboxylic acid groups (broad SMARTS) is 1. The summed E-state index contributed by atoms with van der Waals surface area (Å²) in [6.07, 6.45) is 0.999. The van der Waals surface area contributed by atoms with Crippen LogP contribution in [0.25, 0.3) is 0 Å². The molecule has 1 heterocycles. The number of hydrogen-bond acceptors (Lipinski definition) is 4. The monoisotopic (exact) mass is 188 g/mol. The Balaban J connectivity index is 3.49. The van der Waals surface area contributed by atoms with Gasteiger partial charge < -0.3 is 10.2 Å². The van der Waals surface area contributed by atoms with Crippen molar-refractivity contribution in [2.24, 2.45) is 0 Å². The molecular weight excluding hydrogens is 183 g/mol. The highest BCUT2D eigenvalue weighted by atomic mass is 31.0. The van der Waals surface area contributed by atoms with Crippen LogP contribution in [0.2, 0.25) is 0 Å². The van der Waals surface area contributed by atoms with Gasteiger partial charge in [-0.1, -0.05) is 0 Å². The van der Waals surface area contributed by atoms with Crippen molar-refractivity contribution in [2.75, 3.05) is 0 Å². The number of hydrogen-bond donors (Lipinski definition) is 2. The second kappa shape index (κ2) is 2.91. The van der Waals surface area contributed by atoms with E-state index < -0.39 is 22.8 Å². The van der Waals surface area contributed by atoms with E-state index in [1.165, 1.54) is 0 Å². The summed E-state index contributed by atoms with van der Waals surface area (Å²) in [5.41, 5.74) is -1.69. The fraction of sp³-hybridized carbons (Fsp3) is 0. The zero-order valence-electron chi connectivity index (χ0n) is 5.76. The lowest BCUT2D eigenvalue weighted by Crippen LogP contribution is -2.18. The summed E-state index contributed by atoms with van der Waals surface area (Å²) in [5, 5.41) is 20.6. The Morgan fingerprint density at radius 2 is 2.25 bits per heavy atom. The third-order valence-corrected chi connectivity index (χ3v) is 1.38. The predicted octanol–water partition coefficient (Wildman–Crippen LogP) is -0.715. The summed E-state index contributed by atoms with van der Waals surface area (Å²) in [6, 6.07) is 0. The highest BCUT2D eigenvalue weighted by Crippen LogP contribution is 2.02. The standard InChI is InChI=1S/C5H5N2O4P/c8-2-1-7(12)6-3(4(2)9)5(10)11/h1,8H,12H2,(H,10,11). The van der Waals surface area contributed by atoms with Gasteiger partial charge in [0.2, 0.25) is 5.69 Å². The fourth-order valence-electron chi connectivity index (χ4n) is 0.635. The molecular formula is C5H5N2O4P. The van der Waals surface area contributed by atoms with E-state index in [0.29, 0.717) is 0 Å². The molecule has 0 aliphatic heterocycles. The summed E-state index contributed by atoms with van der Waals surface area (Å²) in [7, 11) is 2.01. The SMILES string of the molecule is O=C(O)c1nn(P)cc(O)c1=O. The maximum Gasteiger partial charge on any atom is 0.360 e. The molecule has 0 spiro atoms. The minimum atomic E-state index is -1.47. The molecule has 2 N–H and O–H groups in total. The van der Waals surface area contributed by atoms with Crippen LogP contribution in [0.15, 0.2) is 11.0 Å². The molecule has 1 atom stereocenters. The zero-order valence-corrected chi connectivity index (χ0v) is 6.91. The van der Waals surface area contributed by atoms with Crippen LogP contribution in [0.1, 0.15) is 10.5 Å². The molecule has 0 bridgehead atoms. The normalized spacial score (nSPS) is 9.75. The number of carbonyl (C=O) groups is 1. The van der Waals surface area contributed by atoms with Crippen LogP contribution in [-0.4, -0.2) is 25.7 Å². The quantitative estimate of drug-likeness (QED) is 0.567. The molecule has 0 radical (unpaired) electrons. The Kier molecular flexibility index (Phi) is 2.10. The summed E-state index contributed by atoms with van der Waals surface area (Å²) >= 11 is 0. The number of aromatic hydroxyl groups is 1. The van der Waals surface area contributed by atoms with Crippen LogP contribution in [0.3, 0.4) is 0 Å². The van der Waals surface area contributed by atoms with Crippen molar-refractivity contribution in [3.8, 4) is 5.75 Å². The maximum absolute atomic E-state index is 10.8. The van der Waals surface area contributed by atoms with Gasteiger partial charge in [-0.25, -0.2) is 4.79 Å². The lowest BCUT2D eigenvalue weighted by atomic mass is 10.3. The van der Waals surface area contributed by atoms with Crippen LogP contribution < -0.4 is 5.43 Å². The molecule has 1 aromatic heterocycles. The molecule has 0 amide bonds. The van der Waals surface area contributed by atoms with Crippen molar-refractivity contribution in [3.63, 3.8) is 0 Å². The molecule has 6 nitrogen and oxygen atoms in total. The van der Waals surface area contributed by atoms with Gasteiger partial charge in [-0.15, -0.1) is 0 Å². The Hall–Kier alpha value is -1.42. The molecule has 0 aliphatic rings. The average Bonchev–Trinajstić information content (AvgIpc) is 1.96. The van der Waals surface area contributed by atoms with Crippen LogP contribution in [0, 0.1) is 0 Å². The van der Waals surface area contributed by atoms with Gasteiger partial charge >= 0.3 is 5.97 Å². The van der Waals surface area contributed by atoms with E-state index >= 15 is 0 Å². The topological polar surface area (TPSA) is 92.4 Å². The summed E-state index contributed by atoms with van der Waals surface area (Å²) < 4.78 is 0.972. The molecule has 64 valence electrons. The fourth-order valence-corrected chi connectivity index (χ4v) is 0.892. The van der Waals surface area contributed by atoms with E-state index in [9.17, 15) is 9.59 Å². The number of carboxylic acids is 1. The van der Waals surface area contributed by atoms with Gasteiger partial charge in [-0.3, -0.25) is 9.25 Å². The smallest absolute Gasteiger partial charge is 0.360 e. The maximum atomic E-state index is 10.8. The molecule has 0 saturated heterocycles. The number of aromatic nitrogens is 2. The highest BCUT2D eigenvalue weighted by Gasteiger charge is 2.13. The number of nitrogens with zero attached hydrogens (tertiary/aromatic N) is 2. The minimum Gasteiger partial charge on any atom is -0.503 e. The Labute approximate surface area is 68.7 Å². The zero-order chi connectivity index (χ0) is 9.30. The molecule has 1 unspecified atom stereocenters. The molecule has 7 heteroatoms. The molecule has 1 rings (SSSR count). The second-order valence-electron chi connectivity index (χ2n) is 1.98. The average molecular weight is 188 g/mol. The Bertz CT molecular complexity index is 386. The van der Waals surface area contributed by atoms with Crippen LogP contribution >= 0.6 is 9.39 Å². The van der Waals surface area contributed by atoms with Crippen molar-refractivity contribution < 1.29 is 15.0 Å². The van der Waals surface area contributed by atoms with Crippen molar-refractivity contribution in [3.05, 3.63) is 22.1 Å². The van der Waals surface area contributed by atoms with Gasteiger partial charge in [0.05, 0.1) is 6.20 Å². The van der Waals surface area contributed by atoms with E-state index in [2.05, 4.69) is 5.10 Å². The van der Waals surface area contributed by atoms with Gasteiger partial charge in [0, 0.05) is 0 Å². The molecule has 0 aromatic carbocycles. The second-order valence-corrected chi connectivity index (χ2v) is 2.51. The summed E-state index contributed by atoms with van der Waals surface area (Å²) in [6.45, 7) is 0. The first-order valence-corrected chi connectivity index (χ1v) is 3.35. The highest BCUT2D eigenvalue weighted by molar-refractivity contribution is 7.14. The molecule has 0 saturated carbocycles. The third-order valence-electron chi connectivity index (χ3n) is 1.12. The van der Waals surface area contributed by atoms with Crippen LogP contribution in [0.5, 0.6) is 5.75 Å². The van der Waals surface area contributed by atoms with Crippen molar-refractivity contribution in [1.82, 2.24) is 9.55 Å². The minimum absolute atomic E-state index is 0.641. The van der Waals surface area contributed by atoms with E-state index in [4.69, 9.17) is 10.2 Å². The first-order chi connectivity index (χ1) is 5.52. The first kappa shape index (κ1) is 8.67. The lowest BCUT2D eigenvalue weighted by Gasteiger charge is -1.98. The van der Waals surface area contributed by atoms with Crippen LogP contribution in [-0.2, 0) is 0 Å². The van der Waals surface area contributed by atoms with Crippen LogP contribution in [0.4, 0.5) is 0 Å². The molecule has 12 heavy (non-hydrogen) atoms. The van der Waals surface area contributed by atoms with E-state index in [0.717, 1.165) is 10.6 Å². The molecule has 0 fully saturated rings. The number of rotatable bonds is 1. The van der Waals surface area contributed by atoms with Crippen molar-refractivity contribution >= 4 is 15.4 Å². The molecule has 1 aromatic rings. The van der Waals surface area contributed by atoms with Gasteiger partial charge in [-0.05, 0) is 9.39 Å². The lowest BCUT2D eigenvalue weighted by molar-refractivity contribution is 0.0686. The van der Waals surface area contributed by atoms with Gasteiger partial charge in [0.15, 0.2) is 5.75 Å². The predicted molar refractivity (Wildman–Crippen MR) is 42.2 cm³/mol. The largest absolute Gasteiger partial charge is 0.503 e. The van der Waals surface area contributed by atoms with E-state index in [-0.39, 0.29) is 0 Å².